The van der Waals surface area contributed by atoms with Crippen LogP contribution in [0.5, 0.6) is 0 Å². The van der Waals surface area contributed by atoms with Crippen molar-refractivity contribution >= 4 is 11.7 Å². The molecule has 0 fully saturated rings. The number of esters is 1. The summed E-state index contributed by atoms with van der Waals surface area (Å²) in [5.74, 6) is -1.46. The first-order valence-electron chi connectivity index (χ1n) is 3.44. The van der Waals surface area contributed by atoms with Crippen molar-refractivity contribution in [3.8, 4) is 0 Å². The average Bonchev–Trinajstić information content (AvgIpc) is 2.17. The number of hydrogen-bond acceptors (Lipinski definition) is 2. The van der Waals surface area contributed by atoms with Crippen LogP contribution in [0.15, 0.2) is 18.2 Å². The number of carbonyl (C=O) groups is 1. The van der Waals surface area contributed by atoms with Crippen molar-refractivity contribution in [2.75, 3.05) is 7.11 Å². The molecule has 0 aromatic heterocycles. The zero-order chi connectivity index (χ0) is 9.84. The molecule has 4 heteroatoms. The number of halogens is 1. The number of carbonyl (C=O) groups excluding carboxylic acids is 1. The molecule has 3 nitrogen and oxygen atoms in total. The Balaban J connectivity index is 3.20. The number of rotatable bonds is 1. The first-order valence-corrected chi connectivity index (χ1v) is 3.44. The van der Waals surface area contributed by atoms with Crippen molar-refractivity contribution in [3.63, 3.8) is 0 Å². The van der Waals surface area contributed by atoms with E-state index in [1.165, 1.54) is 6.07 Å². The Morgan fingerprint density at radius 1 is 1.62 bits per heavy atom. The van der Waals surface area contributed by atoms with Gasteiger partial charge in [-0.2, -0.15) is 0 Å². The van der Waals surface area contributed by atoms with Gasteiger partial charge in [-0.25, -0.2) is 14.0 Å². The molecule has 0 aliphatic carbocycles. The molecule has 1 aromatic carbocycles. The molecular weight excluding hydrogens is 173 g/mol. The van der Waals surface area contributed by atoms with Gasteiger partial charge >= 0.3 is 5.97 Å². The van der Waals surface area contributed by atoms with Crippen LogP contribution in [0.3, 0.4) is 0 Å². The Bertz CT molecular complexity index is 382. The molecule has 0 heterocycles. The molecule has 0 saturated heterocycles. The summed E-state index contributed by atoms with van der Waals surface area (Å²) >= 11 is 0. The van der Waals surface area contributed by atoms with Crippen molar-refractivity contribution in [2.45, 2.75) is 0 Å². The highest BCUT2D eigenvalue weighted by Crippen LogP contribution is 2.17. The predicted molar refractivity (Wildman–Crippen MR) is 44.0 cm³/mol. The lowest BCUT2D eigenvalue weighted by atomic mass is 10.2. The Hall–Kier alpha value is -1.89. The molecular formula is C9H6FNO2. The molecule has 1 aromatic rings. The highest BCUT2D eigenvalue weighted by Gasteiger charge is 2.11. The minimum atomic E-state index is -0.775. The van der Waals surface area contributed by atoms with E-state index in [2.05, 4.69) is 9.58 Å². The zero-order valence-electron chi connectivity index (χ0n) is 6.87. The van der Waals surface area contributed by atoms with Gasteiger partial charge in [0.25, 0.3) is 0 Å². The van der Waals surface area contributed by atoms with Crippen LogP contribution >= 0.6 is 0 Å². The van der Waals surface area contributed by atoms with Gasteiger partial charge in [0.05, 0.1) is 19.2 Å². The van der Waals surface area contributed by atoms with Crippen LogP contribution in [0.4, 0.5) is 10.1 Å². The third kappa shape index (κ3) is 1.82. The Morgan fingerprint density at radius 3 is 2.85 bits per heavy atom. The van der Waals surface area contributed by atoms with Gasteiger partial charge in [-0.3, -0.25) is 0 Å². The fraction of sp³-hybridized carbons (Fsp3) is 0.111. The van der Waals surface area contributed by atoms with E-state index in [0.717, 1.165) is 19.2 Å². The number of benzene rings is 1. The lowest BCUT2D eigenvalue weighted by molar-refractivity contribution is 0.0595. The van der Waals surface area contributed by atoms with Crippen LogP contribution in [-0.2, 0) is 4.74 Å². The van der Waals surface area contributed by atoms with Crippen LogP contribution in [0.1, 0.15) is 10.4 Å². The second kappa shape index (κ2) is 3.68. The van der Waals surface area contributed by atoms with Crippen molar-refractivity contribution in [3.05, 3.63) is 41.0 Å². The molecule has 13 heavy (non-hydrogen) atoms. The maximum absolute atomic E-state index is 12.9. The van der Waals surface area contributed by atoms with Crippen molar-refractivity contribution < 1.29 is 13.9 Å². The Kier molecular flexibility index (Phi) is 2.60. The minimum Gasteiger partial charge on any atom is -0.465 e. The summed E-state index contributed by atoms with van der Waals surface area (Å²) in [4.78, 5) is 14.0. The average molecular weight is 179 g/mol. The maximum atomic E-state index is 12.9. The molecule has 0 spiro atoms. The van der Waals surface area contributed by atoms with Crippen LogP contribution < -0.4 is 0 Å². The second-order valence-electron chi connectivity index (χ2n) is 2.27. The summed E-state index contributed by atoms with van der Waals surface area (Å²) in [5.41, 5.74) is -0.00204. The van der Waals surface area contributed by atoms with Crippen LogP contribution in [-0.4, -0.2) is 13.1 Å². The summed E-state index contributed by atoms with van der Waals surface area (Å²) in [6, 6.07) is 3.53. The van der Waals surface area contributed by atoms with Gasteiger partial charge in [-0.1, -0.05) is 6.07 Å². The first-order chi connectivity index (χ1) is 6.19. The second-order valence-corrected chi connectivity index (χ2v) is 2.27. The van der Waals surface area contributed by atoms with Gasteiger partial charge < -0.3 is 4.74 Å². The van der Waals surface area contributed by atoms with Crippen LogP contribution in [0.2, 0.25) is 0 Å². The van der Waals surface area contributed by atoms with Gasteiger partial charge in [0.2, 0.25) is 0 Å². The quantitative estimate of drug-likeness (QED) is 0.488. The van der Waals surface area contributed by atoms with Gasteiger partial charge in [-0.15, -0.1) is 0 Å². The summed E-state index contributed by atoms with van der Waals surface area (Å²) in [6.07, 6.45) is 0. The van der Waals surface area contributed by atoms with Gasteiger partial charge in [-0.05, 0) is 12.1 Å². The number of ether oxygens (including phenoxy) is 1. The molecule has 0 aliphatic heterocycles. The molecule has 0 radical (unpaired) electrons. The lowest BCUT2D eigenvalue weighted by Gasteiger charge is -2.00. The van der Waals surface area contributed by atoms with E-state index in [4.69, 9.17) is 6.57 Å². The van der Waals surface area contributed by atoms with Gasteiger partial charge in [0.1, 0.15) is 5.82 Å². The topological polar surface area (TPSA) is 30.7 Å². The van der Waals surface area contributed by atoms with Crippen LogP contribution in [0, 0.1) is 12.4 Å². The monoisotopic (exact) mass is 179 g/mol. The van der Waals surface area contributed by atoms with Gasteiger partial charge in [0.15, 0.2) is 5.69 Å². The van der Waals surface area contributed by atoms with E-state index >= 15 is 0 Å². The predicted octanol–water partition coefficient (Wildman–Crippen LogP) is 2.16. The standard InChI is InChI=1S/C9H6FNO2/c1-11-6-3-4-8(10)7(5-6)9(12)13-2/h3-5H,2H3. The molecule has 0 unspecified atom stereocenters. The van der Waals surface area contributed by atoms with Crippen molar-refractivity contribution in [2.24, 2.45) is 0 Å². The molecule has 0 saturated carbocycles. The van der Waals surface area contributed by atoms with E-state index in [-0.39, 0.29) is 11.3 Å². The lowest BCUT2D eigenvalue weighted by Crippen LogP contribution is -2.03. The van der Waals surface area contributed by atoms with Gasteiger partial charge in [0, 0.05) is 0 Å². The molecule has 1 rings (SSSR count). The first kappa shape index (κ1) is 9.20. The third-order valence-corrected chi connectivity index (χ3v) is 1.48. The van der Waals surface area contributed by atoms with E-state index in [1.807, 2.05) is 0 Å². The van der Waals surface area contributed by atoms with Crippen LogP contribution in [0.25, 0.3) is 4.85 Å². The number of hydrogen-bond donors (Lipinski definition) is 0. The normalized spacial score (nSPS) is 9.00. The summed E-state index contributed by atoms with van der Waals surface area (Å²) < 4.78 is 17.3. The maximum Gasteiger partial charge on any atom is 0.339 e. The zero-order valence-corrected chi connectivity index (χ0v) is 6.87. The third-order valence-electron chi connectivity index (χ3n) is 1.48. The van der Waals surface area contributed by atoms with E-state index in [9.17, 15) is 9.18 Å². The fourth-order valence-electron chi connectivity index (χ4n) is 0.849. The molecule has 0 N–H and O–H groups in total. The Morgan fingerprint density at radius 2 is 2.31 bits per heavy atom. The SMILES string of the molecule is [C-]#[N+]c1ccc(F)c(C(=O)OC)c1. The number of methoxy groups -OCH3 is 1. The molecule has 0 aliphatic rings. The highest BCUT2D eigenvalue weighted by atomic mass is 19.1. The molecule has 0 bridgehead atoms. The smallest absolute Gasteiger partial charge is 0.339 e. The highest BCUT2D eigenvalue weighted by molar-refractivity contribution is 5.90. The number of nitrogens with zero attached hydrogens (tertiary/aromatic N) is 1. The summed E-state index contributed by atoms with van der Waals surface area (Å²) in [6.45, 7) is 6.66. The van der Waals surface area contributed by atoms with E-state index in [1.54, 1.807) is 0 Å². The minimum absolute atomic E-state index is 0.210. The van der Waals surface area contributed by atoms with Crippen molar-refractivity contribution in [1.29, 1.82) is 0 Å². The molecule has 0 amide bonds. The largest absolute Gasteiger partial charge is 0.465 e. The molecule has 0 atom stereocenters. The fourth-order valence-corrected chi connectivity index (χ4v) is 0.849. The van der Waals surface area contributed by atoms with E-state index in [0.29, 0.717) is 0 Å². The van der Waals surface area contributed by atoms with E-state index < -0.39 is 11.8 Å². The summed E-state index contributed by atoms with van der Waals surface area (Å²) in [7, 11) is 1.16. The molecule has 66 valence electrons. The van der Waals surface area contributed by atoms with Crippen molar-refractivity contribution in [1.82, 2.24) is 0 Å². The summed E-state index contributed by atoms with van der Waals surface area (Å²) in [5, 5.41) is 0. The Labute approximate surface area is 74.6 Å².